The van der Waals surface area contributed by atoms with E-state index in [1.165, 1.54) is 18.6 Å². The van der Waals surface area contributed by atoms with Gasteiger partial charge in [0.1, 0.15) is 6.04 Å². The molecule has 0 aromatic rings. The summed E-state index contributed by atoms with van der Waals surface area (Å²) in [5, 5.41) is 3.22. The maximum absolute atomic E-state index is 11.3. The maximum Gasteiger partial charge on any atom is 0.322 e. The average molecular weight is 256 g/mol. The summed E-state index contributed by atoms with van der Waals surface area (Å²) in [5.74, 6) is 2.30. The molecule has 1 spiro atoms. The van der Waals surface area contributed by atoms with Crippen LogP contribution >= 0.6 is 35.9 Å². The first-order valence-electron chi connectivity index (χ1n) is 4.35. The molecule has 0 bridgehead atoms. The van der Waals surface area contributed by atoms with Gasteiger partial charge in [0.05, 0.1) is 11.2 Å². The molecule has 6 heteroatoms. The third-order valence-electron chi connectivity index (χ3n) is 2.43. The lowest BCUT2D eigenvalue weighted by Crippen LogP contribution is -2.31. The van der Waals surface area contributed by atoms with Crippen molar-refractivity contribution in [3.63, 3.8) is 0 Å². The number of halogens is 1. The van der Waals surface area contributed by atoms with E-state index >= 15 is 0 Å². The number of nitrogens with one attached hydrogen (secondary N) is 1. The van der Waals surface area contributed by atoms with Crippen LogP contribution in [0.2, 0.25) is 0 Å². The highest BCUT2D eigenvalue weighted by Gasteiger charge is 2.45. The van der Waals surface area contributed by atoms with Gasteiger partial charge in [0.2, 0.25) is 0 Å². The van der Waals surface area contributed by atoms with Crippen LogP contribution in [0, 0.1) is 0 Å². The molecule has 0 aliphatic carbocycles. The molecule has 2 rings (SSSR count). The van der Waals surface area contributed by atoms with E-state index < -0.39 is 0 Å². The first kappa shape index (κ1) is 12.5. The van der Waals surface area contributed by atoms with Crippen LogP contribution in [0.3, 0.4) is 0 Å². The topological polar surface area (TPSA) is 38.3 Å². The van der Waals surface area contributed by atoms with Crippen molar-refractivity contribution >= 4 is 41.9 Å². The zero-order chi connectivity index (χ0) is 9.31. The minimum absolute atomic E-state index is 0. The van der Waals surface area contributed by atoms with Gasteiger partial charge in [-0.15, -0.1) is 35.9 Å². The van der Waals surface area contributed by atoms with Crippen molar-refractivity contribution in [1.82, 2.24) is 5.32 Å². The third-order valence-corrected chi connectivity index (χ3v) is 5.89. The van der Waals surface area contributed by atoms with Crippen LogP contribution in [-0.2, 0) is 9.53 Å². The summed E-state index contributed by atoms with van der Waals surface area (Å²) < 4.78 is 4.98. The fourth-order valence-electron chi connectivity index (χ4n) is 1.76. The summed E-state index contributed by atoms with van der Waals surface area (Å²) in [6, 6.07) is -0.0805. The second-order valence-electron chi connectivity index (χ2n) is 3.27. The molecule has 82 valence electrons. The Hall–Kier alpha value is 0.420. The number of rotatable bonds is 1. The van der Waals surface area contributed by atoms with Gasteiger partial charge in [-0.25, -0.2) is 0 Å². The molecule has 3 nitrogen and oxygen atoms in total. The van der Waals surface area contributed by atoms with Gasteiger partial charge in [0.25, 0.3) is 0 Å². The Balaban J connectivity index is 0.000000980. The first-order chi connectivity index (χ1) is 6.26. The standard InChI is InChI=1S/C8H13NO2S2.ClH/c1-11-7(10)6-4-8(5-9-6)12-2-3-13-8;/h6,9H,2-5H2,1H3;1H/t6-;/m0./s1. The molecule has 14 heavy (non-hydrogen) atoms. The highest BCUT2D eigenvalue weighted by atomic mass is 35.5. The van der Waals surface area contributed by atoms with Crippen LogP contribution in [0.5, 0.6) is 0 Å². The predicted octanol–water partition coefficient (Wildman–Crippen LogP) is 1.12. The molecule has 2 aliphatic heterocycles. The molecule has 0 amide bonds. The molecule has 0 aromatic heterocycles. The van der Waals surface area contributed by atoms with Crippen molar-refractivity contribution in [3.8, 4) is 0 Å². The Kier molecular flexibility index (Phi) is 4.43. The van der Waals surface area contributed by atoms with Gasteiger partial charge in [-0.2, -0.15) is 0 Å². The number of carbonyl (C=O) groups excluding carboxylic acids is 1. The summed E-state index contributed by atoms with van der Waals surface area (Å²) in [6.07, 6.45) is 0.912. The van der Waals surface area contributed by atoms with Crippen LogP contribution in [-0.4, -0.2) is 41.3 Å². The molecule has 2 saturated heterocycles. The summed E-state index contributed by atoms with van der Waals surface area (Å²) in [4.78, 5) is 11.3. The van der Waals surface area contributed by atoms with Gasteiger partial charge in [0.15, 0.2) is 0 Å². The van der Waals surface area contributed by atoms with Crippen molar-refractivity contribution < 1.29 is 9.53 Å². The Bertz CT molecular complexity index is 221. The van der Waals surface area contributed by atoms with Crippen molar-refractivity contribution in [2.24, 2.45) is 0 Å². The molecular weight excluding hydrogens is 242 g/mol. The van der Waals surface area contributed by atoms with E-state index in [1.807, 2.05) is 23.5 Å². The second-order valence-corrected chi connectivity index (χ2v) is 6.48. The molecular formula is C8H14ClNO2S2. The molecule has 0 radical (unpaired) electrons. The van der Waals surface area contributed by atoms with Crippen molar-refractivity contribution in [3.05, 3.63) is 0 Å². The van der Waals surface area contributed by atoms with Crippen LogP contribution in [0.1, 0.15) is 6.42 Å². The monoisotopic (exact) mass is 255 g/mol. The lowest BCUT2D eigenvalue weighted by atomic mass is 10.2. The Morgan fingerprint density at radius 3 is 2.71 bits per heavy atom. The lowest BCUT2D eigenvalue weighted by Gasteiger charge is -2.18. The molecule has 2 heterocycles. The van der Waals surface area contributed by atoms with E-state index in [0.29, 0.717) is 0 Å². The summed E-state index contributed by atoms with van der Waals surface area (Å²) in [6.45, 7) is 0.933. The van der Waals surface area contributed by atoms with E-state index in [-0.39, 0.29) is 28.5 Å². The van der Waals surface area contributed by atoms with Crippen LogP contribution in [0.15, 0.2) is 0 Å². The second kappa shape index (κ2) is 4.96. The molecule has 2 aliphatic rings. The fourth-order valence-corrected chi connectivity index (χ4v) is 4.94. The Morgan fingerprint density at radius 1 is 1.50 bits per heavy atom. The number of thioether (sulfide) groups is 2. The van der Waals surface area contributed by atoms with E-state index in [2.05, 4.69) is 5.32 Å². The van der Waals surface area contributed by atoms with E-state index in [0.717, 1.165) is 13.0 Å². The SMILES string of the molecule is COC(=O)[C@@H]1CC2(CN1)SCCS2.Cl. The smallest absolute Gasteiger partial charge is 0.322 e. The van der Waals surface area contributed by atoms with Gasteiger partial charge >= 0.3 is 5.97 Å². The molecule has 0 unspecified atom stereocenters. The first-order valence-corrected chi connectivity index (χ1v) is 6.32. The van der Waals surface area contributed by atoms with Crippen LogP contribution in [0.4, 0.5) is 0 Å². The van der Waals surface area contributed by atoms with Gasteiger partial charge in [0, 0.05) is 18.1 Å². The van der Waals surface area contributed by atoms with Gasteiger partial charge in [-0.1, -0.05) is 0 Å². The molecule has 0 saturated carbocycles. The third kappa shape index (κ3) is 2.32. The van der Waals surface area contributed by atoms with Gasteiger partial charge in [-0.3, -0.25) is 4.79 Å². The molecule has 1 N–H and O–H groups in total. The predicted molar refractivity (Wildman–Crippen MR) is 63.3 cm³/mol. The average Bonchev–Trinajstić information content (AvgIpc) is 2.76. The fraction of sp³-hybridized carbons (Fsp3) is 0.875. The van der Waals surface area contributed by atoms with Crippen molar-refractivity contribution in [2.75, 3.05) is 25.2 Å². The molecule has 2 fully saturated rings. The zero-order valence-electron chi connectivity index (χ0n) is 7.95. The van der Waals surface area contributed by atoms with Crippen molar-refractivity contribution in [1.29, 1.82) is 0 Å². The Morgan fingerprint density at radius 2 is 2.14 bits per heavy atom. The van der Waals surface area contributed by atoms with Crippen molar-refractivity contribution in [2.45, 2.75) is 16.5 Å². The lowest BCUT2D eigenvalue weighted by molar-refractivity contribution is -0.142. The van der Waals surface area contributed by atoms with E-state index in [9.17, 15) is 4.79 Å². The highest BCUT2D eigenvalue weighted by molar-refractivity contribution is 8.21. The normalized spacial score (nSPS) is 28.8. The minimum Gasteiger partial charge on any atom is -0.468 e. The molecule has 1 atom stereocenters. The quantitative estimate of drug-likeness (QED) is 0.711. The number of methoxy groups -OCH3 is 1. The minimum atomic E-state index is -0.120. The highest BCUT2D eigenvalue weighted by Crippen LogP contribution is 2.49. The zero-order valence-corrected chi connectivity index (χ0v) is 10.4. The number of hydrogen-bond acceptors (Lipinski definition) is 5. The number of ether oxygens (including phenoxy) is 1. The summed E-state index contributed by atoms with van der Waals surface area (Å²) in [5.41, 5.74) is 0. The van der Waals surface area contributed by atoms with Crippen LogP contribution < -0.4 is 5.32 Å². The molecule has 0 aromatic carbocycles. The largest absolute Gasteiger partial charge is 0.468 e. The Labute approximate surface area is 98.5 Å². The number of carbonyl (C=O) groups is 1. The summed E-state index contributed by atoms with van der Waals surface area (Å²) >= 11 is 3.95. The van der Waals surface area contributed by atoms with Crippen LogP contribution in [0.25, 0.3) is 0 Å². The van der Waals surface area contributed by atoms with E-state index in [1.54, 1.807) is 0 Å². The van der Waals surface area contributed by atoms with Gasteiger partial charge in [-0.05, 0) is 6.42 Å². The van der Waals surface area contributed by atoms with E-state index in [4.69, 9.17) is 4.74 Å². The van der Waals surface area contributed by atoms with Gasteiger partial charge < -0.3 is 10.1 Å². The number of hydrogen-bond donors (Lipinski definition) is 1. The maximum atomic E-state index is 11.3. The number of esters is 1. The summed E-state index contributed by atoms with van der Waals surface area (Å²) in [7, 11) is 1.45.